The number of likely N-dealkylation sites (N-methyl/N-ethyl adjacent to an activating group) is 1. The van der Waals surface area contributed by atoms with Crippen LogP contribution in [0.1, 0.15) is 5.56 Å². The number of rotatable bonds is 6. The van der Waals surface area contributed by atoms with Crippen LogP contribution in [0.4, 0.5) is 5.69 Å². The van der Waals surface area contributed by atoms with Crippen molar-refractivity contribution in [1.29, 1.82) is 5.41 Å². The van der Waals surface area contributed by atoms with Gasteiger partial charge in [-0.3, -0.25) is 5.41 Å². The first kappa shape index (κ1) is 14.2. The molecule has 98 valence electrons. The highest BCUT2D eigenvalue weighted by Gasteiger charge is 2.15. The van der Waals surface area contributed by atoms with Gasteiger partial charge >= 0.3 is 5.97 Å². The van der Waals surface area contributed by atoms with E-state index in [1.165, 1.54) is 7.11 Å². The summed E-state index contributed by atoms with van der Waals surface area (Å²) in [5.74, 6) is -0.628. The van der Waals surface area contributed by atoms with Crippen molar-refractivity contribution in [3.63, 3.8) is 0 Å². The van der Waals surface area contributed by atoms with Gasteiger partial charge in [-0.25, -0.2) is 4.79 Å². The molecule has 5 heteroatoms. The zero-order chi connectivity index (χ0) is 13.5. The Morgan fingerprint density at radius 2 is 2.06 bits per heavy atom. The van der Waals surface area contributed by atoms with Gasteiger partial charge in [0.05, 0.1) is 7.11 Å². The van der Waals surface area contributed by atoms with Crippen molar-refractivity contribution < 1.29 is 9.53 Å². The zero-order valence-corrected chi connectivity index (χ0v) is 11.0. The van der Waals surface area contributed by atoms with Crippen LogP contribution in [0, 0.1) is 5.41 Å². The van der Waals surface area contributed by atoms with Gasteiger partial charge in [0.2, 0.25) is 0 Å². The summed E-state index contributed by atoms with van der Waals surface area (Å²) in [6.45, 7) is 1.62. The van der Waals surface area contributed by atoms with Crippen molar-refractivity contribution in [3.8, 4) is 0 Å². The summed E-state index contributed by atoms with van der Waals surface area (Å²) in [5.41, 5.74) is 1.20. The minimum absolute atomic E-state index is 0.134. The molecule has 0 aromatic heterocycles. The highest BCUT2D eigenvalue weighted by atomic mass is 16.5. The van der Waals surface area contributed by atoms with Gasteiger partial charge < -0.3 is 15.0 Å². The Morgan fingerprint density at radius 3 is 2.67 bits per heavy atom. The Labute approximate surface area is 107 Å². The van der Waals surface area contributed by atoms with Crippen LogP contribution in [0.25, 0.3) is 0 Å². The molecule has 18 heavy (non-hydrogen) atoms. The van der Waals surface area contributed by atoms with E-state index >= 15 is 0 Å². The molecule has 0 radical (unpaired) electrons. The van der Waals surface area contributed by atoms with Crippen molar-refractivity contribution in [1.82, 2.24) is 4.90 Å². The Bertz CT molecular complexity index is 430. The van der Waals surface area contributed by atoms with Gasteiger partial charge in [0.25, 0.3) is 0 Å². The van der Waals surface area contributed by atoms with Crippen molar-refractivity contribution in [2.45, 2.75) is 0 Å². The van der Waals surface area contributed by atoms with Gasteiger partial charge in [-0.05, 0) is 20.2 Å². The highest BCUT2D eigenvalue weighted by Crippen LogP contribution is 2.15. The Kier molecular flexibility index (Phi) is 5.32. The van der Waals surface area contributed by atoms with Crippen molar-refractivity contribution in [2.24, 2.45) is 0 Å². The van der Waals surface area contributed by atoms with Crippen molar-refractivity contribution in [3.05, 3.63) is 29.8 Å². The lowest BCUT2D eigenvalue weighted by Gasteiger charge is -2.14. The maximum Gasteiger partial charge on any atom is 0.356 e. The molecule has 0 unspecified atom stereocenters. The van der Waals surface area contributed by atoms with Crippen LogP contribution < -0.4 is 5.32 Å². The van der Waals surface area contributed by atoms with E-state index in [0.29, 0.717) is 5.56 Å². The van der Waals surface area contributed by atoms with E-state index in [2.05, 4.69) is 15.0 Å². The topological polar surface area (TPSA) is 65.4 Å². The number of carbonyl (C=O) groups excluding carboxylic acids is 1. The molecule has 0 aliphatic heterocycles. The molecular formula is C13H19N3O2. The lowest BCUT2D eigenvalue weighted by atomic mass is 10.1. The standard InChI is InChI=1S/C13H19N3O2/c1-16(2)9-8-15-11-7-5-4-6-10(11)12(14)13(17)18-3/h4-7,14-15H,8-9H2,1-3H3. The molecule has 5 nitrogen and oxygen atoms in total. The summed E-state index contributed by atoms with van der Waals surface area (Å²) in [6.07, 6.45) is 0. The third-order valence-corrected chi connectivity index (χ3v) is 2.46. The summed E-state index contributed by atoms with van der Waals surface area (Å²) in [5, 5.41) is 11.0. The summed E-state index contributed by atoms with van der Waals surface area (Å²) >= 11 is 0. The van der Waals surface area contributed by atoms with Gasteiger partial charge in [-0.15, -0.1) is 0 Å². The molecule has 0 fully saturated rings. The average molecular weight is 249 g/mol. The number of hydrogen-bond acceptors (Lipinski definition) is 5. The number of methoxy groups -OCH3 is 1. The molecule has 0 spiro atoms. The van der Waals surface area contributed by atoms with E-state index in [0.717, 1.165) is 18.8 Å². The monoisotopic (exact) mass is 249 g/mol. The summed E-state index contributed by atoms with van der Waals surface area (Å²) < 4.78 is 4.56. The molecular weight excluding hydrogens is 230 g/mol. The predicted molar refractivity (Wildman–Crippen MR) is 72.3 cm³/mol. The largest absolute Gasteiger partial charge is 0.464 e. The summed E-state index contributed by atoms with van der Waals surface area (Å²) in [4.78, 5) is 13.4. The van der Waals surface area contributed by atoms with Crippen LogP contribution in [-0.4, -0.2) is 50.9 Å². The van der Waals surface area contributed by atoms with Crippen LogP contribution in [0.5, 0.6) is 0 Å². The van der Waals surface area contributed by atoms with Crippen LogP contribution >= 0.6 is 0 Å². The van der Waals surface area contributed by atoms with E-state index in [1.54, 1.807) is 12.1 Å². The maximum absolute atomic E-state index is 11.4. The molecule has 1 aromatic carbocycles. The molecule has 0 saturated heterocycles. The molecule has 1 rings (SSSR count). The molecule has 0 saturated carbocycles. The molecule has 0 heterocycles. The maximum atomic E-state index is 11.4. The van der Waals surface area contributed by atoms with Crippen LogP contribution in [-0.2, 0) is 9.53 Å². The number of benzene rings is 1. The quantitative estimate of drug-likeness (QED) is 0.587. The summed E-state index contributed by atoms with van der Waals surface area (Å²) in [7, 11) is 5.26. The molecule has 0 bridgehead atoms. The minimum Gasteiger partial charge on any atom is -0.464 e. The van der Waals surface area contributed by atoms with Crippen molar-refractivity contribution >= 4 is 17.4 Å². The minimum atomic E-state index is -0.628. The predicted octanol–water partition coefficient (Wildman–Crippen LogP) is 1.20. The molecule has 0 amide bonds. The van der Waals surface area contributed by atoms with Crippen molar-refractivity contribution in [2.75, 3.05) is 39.6 Å². The van der Waals surface area contributed by atoms with Gasteiger partial charge in [0.1, 0.15) is 5.71 Å². The average Bonchev–Trinajstić information content (AvgIpc) is 2.37. The molecule has 1 aromatic rings. The van der Waals surface area contributed by atoms with E-state index in [9.17, 15) is 4.79 Å². The second kappa shape index (κ2) is 6.76. The normalized spacial score (nSPS) is 10.2. The molecule has 0 aliphatic rings. The fourth-order valence-electron chi connectivity index (χ4n) is 1.48. The lowest BCUT2D eigenvalue weighted by Crippen LogP contribution is -2.22. The first-order valence-corrected chi connectivity index (χ1v) is 5.71. The number of nitrogens with zero attached hydrogens (tertiary/aromatic N) is 1. The molecule has 2 N–H and O–H groups in total. The smallest absolute Gasteiger partial charge is 0.356 e. The number of para-hydroxylation sites is 1. The van der Waals surface area contributed by atoms with Crippen LogP contribution in [0.3, 0.4) is 0 Å². The molecule has 0 aliphatic carbocycles. The van der Waals surface area contributed by atoms with Crippen LogP contribution in [0.15, 0.2) is 24.3 Å². The SMILES string of the molecule is COC(=O)C(=N)c1ccccc1NCCN(C)C. The first-order valence-electron chi connectivity index (χ1n) is 5.71. The van der Waals surface area contributed by atoms with Gasteiger partial charge in [-0.1, -0.05) is 18.2 Å². The fraction of sp³-hybridized carbons (Fsp3) is 0.385. The number of anilines is 1. The number of carbonyl (C=O) groups is 1. The van der Waals surface area contributed by atoms with Crippen LogP contribution in [0.2, 0.25) is 0 Å². The Morgan fingerprint density at radius 1 is 1.39 bits per heavy atom. The Hall–Kier alpha value is -1.88. The summed E-state index contributed by atoms with van der Waals surface area (Å²) in [6, 6.07) is 7.25. The van der Waals surface area contributed by atoms with Gasteiger partial charge in [0, 0.05) is 24.3 Å². The van der Waals surface area contributed by atoms with E-state index in [-0.39, 0.29) is 5.71 Å². The third-order valence-electron chi connectivity index (χ3n) is 2.46. The second-order valence-electron chi connectivity index (χ2n) is 4.14. The van der Waals surface area contributed by atoms with E-state index < -0.39 is 5.97 Å². The number of nitrogens with one attached hydrogen (secondary N) is 2. The fourth-order valence-corrected chi connectivity index (χ4v) is 1.48. The van der Waals surface area contributed by atoms with Gasteiger partial charge in [0.15, 0.2) is 0 Å². The first-order chi connectivity index (χ1) is 8.56. The number of hydrogen-bond donors (Lipinski definition) is 2. The lowest BCUT2D eigenvalue weighted by molar-refractivity contribution is -0.132. The van der Waals surface area contributed by atoms with Gasteiger partial charge in [-0.2, -0.15) is 0 Å². The molecule has 0 atom stereocenters. The number of ether oxygens (including phenoxy) is 1. The zero-order valence-electron chi connectivity index (χ0n) is 11.0. The van der Waals surface area contributed by atoms with E-state index in [4.69, 9.17) is 5.41 Å². The van der Waals surface area contributed by atoms with E-state index in [1.807, 2.05) is 26.2 Å². The third kappa shape index (κ3) is 3.85. The number of esters is 1. The highest BCUT2D eigenvalue weighted by molar-refractivity contribution is 6.43. The Balaban J connectivity index is 2.79. The second-order valence-corrected chi connectivity index (χ2v) is 4.14.